The number of para-hydroxylation sites is 1. The Balaban J connectivity index is 2.18. The van der Waals surface area contributed by atoms with Crippen molar-refractivity contribution in [2.75, 3.05) is 0 Å². The van der Waals surface area contributed by atoms with E-state index in [-0.39, 0.29) is 28.2 Å². The molecule has 0 heterocycles. The molecule has 2 aromatic rings. The third-order valence-corrected chi connectivity index (χ3v) is 2.70. The van der Waals surface area contributed by atoms with Gasteiger partial charge in [-0.15, -0.1) is 0 Å². The van der Waals surface area contributed by atoms with Gasteiger partial charge in [-0.3, -0.25) is 9.68 Å². The van der Waals surface area contributed by atoms with Crippen LogP contribution in [-0.4, -0.2) is 28.4 Å². The van der Waals surface area contributed by atoms with Gasteiger partial charge in [-0.2, -0.15) is 0 Å². The average molecular weight is 302 g/mol. The second kappa shape index (κ2) is 6.40. The number of carboxylic acid groups (broad SMARTS) is 1. The lowest BCUT2D eigenvalue weighted by molar-refractivity contribution is -0.150. The highest BCUT2D eigenvalue weighted by atomic mass is 17.2. The fourth-order valence-electron chi connectivity index (χ4n) is 1.63. The van der Waals surface area contributed by atoms with E-state index in [0.717, 1.165) is 6.07 Å². The number of aldehydes is 1. The summed E-state index contributed by atoms with van der Waals surface area (Å²) in [5, 5.41) is 18.5. The molecule has 112 valence electrons. The Hall–Kier alpha value is -3.35. The Morgan fingerprint density at radius 3 is 2.41 bits per heavy atom. The molecule has 7 nitrogen and oxygen atoms in total. The van der Waals surface area contributed by atoms with Gasteiger partial charge in [0.25, 0.3) is 0 Å². The van der Waals surface area contributed by atoms with Crippen molar-refractivity contribution >= 4 is 18.2 Å². The number of phenolic OH excluding ortho intramolecular Hbond substituents is 1. The van der Waals surface area contributed by atoms with Crippen molar-refractivity contribution in [1.82, 2.24) is 0 Å². The molecule has 0 radical (unpaired) electrons. The van der Waals surface area contributed by atoms with Gasteiger partial charge in [-0.05, 0) is 30.3 Å². The lowest BCUT2D eigenvalue weighted by Crippen LogP contribution is -2.11. The van der Waals surface area contributed by atoms with Crippen LogP contribution in [0.4, 0.5) is 0 Å². The second-order valence-electron chi connectivity index (χ2n) is 4.15. The predicted octanol–water partition coefficient (Wildman–Crippen LogP) is 2.05. The number of hydrogen-bond acceptors (Lipinski definition) is 6. The number of rotatable bonds is 5. The number of benzene rings is 2. The predicted molar refractivity (Wildman–Crippen MR) is 72.9 cm³/mol. The highest BCUT2D eigenvalue weighted by Crippen LogP contribution is 2.22. The van der Waals surface area contributed by atoms with Gasteiger partial charge in [0.05, 0.1) is 0 Å². The van der Waals surface area contributed by atoms with E-state index in [1.165, 1.54) is 36.4 Å². The van der Waals surface area contributed by atoms with Crippen LogP contribution in [0.1, 0.15) is 31.1 Å². The van der Waals surface area contributed by atoms with Gasteiger partial charge in [0, 0.05) is 5.56 Å². The number of carbonyl (C=O) groups excluding carboxylic acids is 2. The zero-order chi connectivity index (χ0) is 16.1. The van der Waals surface area contributed by atoms with Gasteiger partial charge in [-0.1, -0.05) is 12.1 Å². The van der Waals surface area contributed by atoms with E-state index in [4.69, 9.17) is 9.99 Å². The van der Waals surface area contributed by atoms with Gasteiger partial charge < -0.3 is 10.2 Å². The molecule has 2 aromatic carbocycles. The normalized spacial score (nSPS) is 9.82. The Labute approximate surface area is 124 Å². The smallest absolute Gasteiger partial charge is 0.389 e. The van der Waals surface area contributed by atoms with Crippen molar-refractivity contribution in [3.05, 3.63) is 59.2 Å². The van der Waals surface area contributed by atoms with Crippen LogP contribution in [0.3, 0.4) is 0 Å². The molecule has 0 aliphatic heterocycles. The summed E-state index contributed by atoms with van der Waals surface area (Å²) in [6.07, 6.45) is 0.476. The second-order valence-corrected chi connectivity index (χ2v) is 4.15. The van der Waals surface area contributed by atoms with Crippen molar-refractivity contribution in [3.63, 3.8) is 0 Å². The minimum absolute atomic E-state index is 0.135. The highest BCUT2D eigenvalue weighted by molar-refractivity contribution is 5.94. The standard InChI is InChI=1S/C15H10O7/c16-8-9-5-6-13(11(7-9)14(18)19)21-22-15(20)10-3-1-2-4-12(10)17/h1-8,17H,(H,18,19). The summed E-state index contributed by atoms with van der Waals surface area (Å²) in [6.45, 7) is 0. The summed E-state index contributed by atoms with van der Waals surface area (Å²) < 4.78 is 0. The molecule has 0 unspecified atom stereocenters. The molecular weight excluding hydrogens is 292 g/mol. The maximum Gasteiger partial charge on any atom is 0.389 e. The maximum absolute atomic E-state index is 11.7. The lowest BCUT2D eigenvalue weighted by atomic mass is 10.1. The Bertz CT molecular complexity index is 736. The summed E-state index contributed by atoms with van der Waals surface area (Å²) in [6, 6.07) is 9.21. The molecule has 0 bridgehead atoms. The molecule has 0 fully saturated rings. The number of aromatic carboxylic acids is 1. The van der Waals surface area contributed by atoms with Gasteiger partial charge in [0.1, 0.15) is 23.2 Å². The van der Waals surface area contributed by atoms with Crippen LogP contribution in [0.2, 0.25) is 0 Å². The molecule has 0 aliphatic rings. The summed E-state index contributed by atoms with van der Waals surface area (Å²) >= 11 is 0. The molecule has 0 aromatic heterocycles. The highest BCUT2D eigenvalue weighted by Gasteiger charge is 2.17. The molecule has 0 saturated heterocycles. The first-order valence-electron chi connectivity index (χ1n) is 6.02. The van der Waals surface area contributed by atoms with Gasteiger partial charge in [0.15, 0.2) is 5.75 Å². The molecule has 0 atom stereocenters. The van der Waals surface area contributed by atoms with Crippen molar-refractivity contribution in [1.29, 1.82) is 0 Å². The van der Waals surface area contributed by atoms with Crippen LogP contribution < -0.4 is 4.89 Å². The average Bonchev–Trinajstić information content (AvgIpc) is 2.52. The van der Waals surface area contributed by atoms with Crippen molar-refractivity contribution < 1.29 is 34.4 Å². The van der Waals surface area contributed by atoms with E-state index in [0.29, 0.717) is 6.29 Å². The molecule has 2 N–H and O–H groups in total. The molecule has 7 heteroatoms. The van der Waals surface area contributed by atoms with Crippen LogP contribution in [-0.2, 0) is 4.89 Å². The molecule has 0 saturated carbocycles. The summed E-state index contributed by atoms with van der Waals surface area (Å²) in [5.74, 6) is -2.89. The molecule has 22 heavy (non-hydrogen) atoms. The molecule has 0 amide bonds. The monoisotopic (exact) mass is 302 g/mol. The number of hydrogen-bond donors (Lipinski definition) is 2. The first kappa shape index (κ1) is 15.0. The largest absolute Gasteiger partial charge is 0.507 e. The Morgan fingerprint density at radius 2 is 1.77 bits per heavy atom. The topological polar surface area (TPSA) is 110 Å². The van der Waals surface area contributed by atoms with Crippen LogP contribution in [0.15, 0.2) is 42.5 Å². The minimum Gasteiger partial charge on any atom is -0.507 e. The summed E-state index contributed by atoms with van der Waals surface area (Å²) in [4.78, 5) is 42.7. The molecular formula is C15H10O7. The number of carboxylic acids is 1. The van der Waals surface area contributed by atoms with Gasteiger partial charge >= 0.3 is 11.9 Å². The fourth-order valence-corrected chi connectivity index (χ4v) is 1.63. The maximum atomic E-state index is 11.7. The van der Waals surface area contributed by atoms with Gasteiger partial charge in [-0.25, -0.2) is 14.5 Å². The van der Waals surface area contributed by atoms with E-state index in [9.17, 15) is 19.5 Å². The number of aromatic hydroxyl groups is 1. The first-order valence-corrected chi connectivity index (χ1v) is 6.02. The third kappa shape index (κ3) is 3.21. The molecule has 0 aliphatic carbocycles. The van der Waals surface area contributed by atoms with Crippen molar-refractivity contribution in [2.24, 2.45) is 0 Å². The van der Waals surface area contributed by atoms with E-state index in [2.05, 4.69) is 4.89 Å². The summed E-state index contributed by atoms with van der Waals surface area (Å²) in [5.41, 5.74) is -0.338. The van der Waals surface area contributed by atoms with E-state index >= 15 is 0 Å². The van der Waals surface area contributed by atoms with Crippen LogP contribution in [0.25, 0.3) is 0 Å². The molecule has 2 rings (SSSR count). The quantitative estimate of drug-likeness (QED) is 0.494. The lowest BCUT2D eigenvalue weighted by Gasteiger charge is -2.08. The summed E-state index contributed by atoms with van der Waals surface area (Å²) in [7, 11) is 0. The molecule has 0 spiro atoms. The third-order valence-electron chi connectivity index (χ3n) is 2.70. The number of phenols is 1. The zero-order valence-corrected chi connectivity index (χ0v) is 11.1. The van der Waals surface area contributed by atoms with Crippen molar-refractivity contribution in [3.8, 4) is 11.5 Å². The number of carbonyl (C=O) groups is 3. The van der Waals surface area contributed by atoms with Crippen LogP contribution in [0.5, 0.6) is 11.5 Å². The van der Waals surface area contributed by atoms with Crippen LogP contribution in [0, 0.1) is 0 Å². The van der Waals surface area contributed by atoms with E-state index in [1.54, 1.807) is 0 Å². The zero-order valence-electron chi connectivity index (χ0n) is 11.1. The first-order chi connectivity index (χ1) is 10.5. The SMILES string of the molecule is O=Cc1ccc(OOC(=O)c2ccccc2O)c(C(=O)O)c1. The van der Waals surface area contributed by atoms with E-state index in [1.807, 2.05) is 0 Å². The fraction of sp³-hybridized carbons (Fsp3) is 0. The Morgan fingerprint density at radius 1 is 1.05 bits per heavy atom. The van der Waals surface area contributed by atoms with E-state index < -0.39 is 11.9 Å². The minimum atomic E-state index is -1.35. The van der Waals surface area contributed by atoms with Gasteiger partial charge in [0.2, 0.25) is 0 Å². The van der Waals surface area contributed by atoms with Crippen molar-refractivity contribution in [2.45, 2.75) is 0 Å². The van der Waals surface area contributed by atoms with Crippen LogP contribution >= 0.6 is 0 Å². The Kier molecular flexibility index (Phi) is 4.38.